The summed E-state index contributed by atoms with van der Waals surface area (Å²) in [7, 11) is 3.15. The fourth-order valence-corrected chi connectivity index (χ4v) is 1.99. The van der Waals surface area contributed by atoms with Crippen LogP contribution in [0.25, 0.3) is 0 Å². The van der Waals surface area contributed by atoms with E-state index in [9.17, 15) is 13.2 Å². The minimum atomic E-state index is -4.10. The molecular formula is C16H24F3N3O2. The van der Waals surface area contributed by atoms with E-state index >= 15 is 0 Å². The third-order valence-electron chi connectivity index (χ3n) is 3.13. The van der Waals surface area contributed by atoms with Gasteiger partial charge in [-0.05, 0) is 31.9 Å². The predicted octanol–water partition coefficient (Wildman–Crippen LogP) is 3.81. The van der Waals surface area contributed by atoms with Gasteiger partial charge in [0.1, 0.15) is 0 Å². The van der Waals surface area contributed by atoms with Gasteiger partial charge >= 0.3 is 6.18 Å². The molecule has 0 fully saturated rings. The van der Waals surface area contributed by atoms with Gasteiger partial charge in [-0.3, -0.25) is 4.99 Å². The van der Waals surface area contributed by atoms with Gasteiger partial charge in [0.2, 0.25) is 0 Å². The molecule has 0 atom stereocenters. The summed E-state index contributed by atoms with van der Waals surface area (Å²) in [5.41, 5.74) is 0.735. The van der Waals surface area contributed by atoms with E-state index in [0.29, 0.717) is 37.0 Å². The summed E-state index contributed by atoms with van der Waals surface area (Å²) >= 11 is 0. The first-order valence-corrected chi connectivity index (χ1v) is 7.75. The molecule has 0 saturated carbocycles. The minimum absolute atomic E-state index is 0.0877. The van der Waals surface area contributed by atoms with Crippen LogP contribution in [0.3, 0.4) is 0 Å². The molecule has 0 aliphatic rings. The van der Waals surface area contributed by atoms with Crippen LogP contribution in [-0.2, 0) is 0 Å². The maximum absolute atomic E-state index is 12.1. The van der Waals surface area contributed by atoms with Gasteiger partial charge in [-0.1, -0.05) is 0 Å². The lowest BCUT2D eigenvalue weighted by Crippen LogP contribution is -2.31. The van der Waals surface area contributed by atoms with Crippen molar-refractivity contribution in [3.05, 3.63) is 18.2 Å². The number of hydrogen-bond acceptors (Lipinski definition) is 3. The van der Waals surface area contributed by atoms with Crippen LogP contribution in [0.15, 0.2) is 23.2 Å². The second-order valence-electron chi connectivity index (χ2n) is 4.99. The zero-order valence-electron chi connectivity index (χ0n) is 14.2. The number of alkyl halides is 3. The van der Waals surface area contributed by atoms with E-state index in [-0.39, 0.29) is 6.42 Å². The van der Waals surface area contributed by atoms with Crippen LogP contribution < -0.4 is 20.1 Å². The Morgan fingerprint density at radius 1 is 1.21 bits per heavy atom. The van der Waals surface area contributed by atoms with Crippen LogP contribution in [-0.4, -0.2) is 39.4 Å². The van der Waals surface area contributed by atoms with Crippen LogP contribution in [0.5, 0.6) is 11.5 Å². The van der Waals surface area contributed by atoms with Crippen LogP contribution >= 0.6 is 0 Å². The highest BCUT2D eigenvalue weighted by atomic mass is 19.4. The highest BCUT2D eigenvalue weighted by Gasteiger charge is 2.25. The molecule has 24 heavy (non-hydrogen) atoms. The number of nitrogens with zero attached hydrogens (tertiary/aromatic N) is 1. The molecule has 2 N–H and O–H groups in total. The first-order valence-electron chi connectivity index (χ1n) is 7.75. The highest BCUT2D eigenvalue weighted by molar-refractivity contribution is 5.93. The van der Waals surface area contributed by atoms with Crippen molar-refractivity contribution in [3.8, 4) is 11.5 Å². The lowest BCUT2D eigenvalue weighted by molar-refractivity contribution is -0.135. The zero-order valence-corrected chi connectivity index (χ0v) is 14.2. The molecule has 0 heterocycles. The van der Waals surface area contributed by atoms with Gasteiger partial charge in [0, 0.05) is 31.8 Å². The van der Waals surface area contributed by atoms with Crippen LogP contribution in [0, 0.1) is 0 Å². The normalized spacial score (nSPS) is 12.0. The fraction of sp³-hybridized carbons (Fsp3) is 0.562. The minimum Gasteiger partial charge on any atom is -0.493 e. The lowest BCUT2D eigenvalue weighted by atomic mass is 10.2. The maximum atomic E-state index is 12.1. The van der Waals surface area contributed by atoms with E-state index in [1.807, 2.05) is 13.0 Å². The molecule has 1 rings (SSSR count). The average Bonchev–Trinajstić information content (AvgIpc) is 2.53. The number of aliphatic imine (C=N–C) groups is 1. The van der Waals surface area contributed by atoms with Crippen molar-refractivity contribution < 1.29 is 22.6 Å². The molecule has 0 bridgehead atoms. The maximum Gasteiger partial charge on any atom is 0.389 e. The molecular weight excluding hydrogens is 323 g/mol. The number of rotatable bonds is 8. The summed E-state index contributed by atoms with van der Waals surface area (Å²) in [5.74, 6) is 1.70. The van der Waals surface area contributed by atoms with Gasteiger partial charge in [0.05, 0.1) is 13.7 Å². The molecule has 136 valence electrons. The summed E-state index contributed by atoms with van der Waals surface area (Å²) in [6, 6.07) is 5.35. The van der Waals surface area contributed by atoms with E-state index in [4.69, 9.17) is 9.47 Å². The molecule has 1 aromatic carbocycles. The van der Waals surface area contributed by atoms with E-state index < -0.39 is 12.6 Å². The Labute approximate surface area is 140 Å². The van der Waals surface area contributed by atoms with Gasteiger partial charge in [-0.15, -0.1) is 0 Å². The summed E-state index contributed by atoms with van der Waals surface area (Å²) in [5, 5.41) is 6.04. The number of methoxy groups -OCH3 is 1. The van der Waals surface area contributed by atoms with E-state index in [1.165, 1.54) is 0 Å². The first-order chi connectivity index (χ1) is 11.4. The molecule has 8 heteroatoms. The number of anilines is 1. The Morgan fingerprint density at radius 2 is 1.96 bits per heavy atom. The molecule has 5 nitrogen and oxygen atoms in total. The van der Waals surface area contributed by atoms with Gasteiger partial charge in [0.15, 0.2) is 17.5 Å². The monoisotopic (exact) mass is 347 g/mol. The third kappa shape index (κ3) is 7.43. The topological polar surface area (TPSA) is 54.9 Å². The molecule has 0 aliphatic heterocycles. The number of unbranched alkanes of at least 4 members (excludes halogenated alkanes) is 1. The van der Waals surface area contributed by atoms with Crippen molar-refractivity contribution in [2.75, 3.05) is 32.6 Å². The number of nitrogens with one attached hydrogen (secondary N) is 2. The predicted molar refractivity (Wildman–Crippen MR) is 89.1 cm³/mol. The fourth-order valence-electron chi connectivity index (χ4n) is 1.99. The molecule has 0 saturated heterocycles. The summed E-state index contributed by atoms with van der Waals surface area (Å²) in [6.07, 6.45) is -4.37. The lowest BCUT2D eigenvalue weighted by Gasteiger charge is -2.14. The highest BCUT2D eigenvalue weighted by Crippen LogP contribution is 2.30. The Morgan fingerprint density at radius 3 is 2.54 bits per heavy atom. The van der Waals surface area contributed by atoms with Crippen molar-refractivity contribution in [2.45, 2.75) is 32.4 Å². The number of guanidine groups is 1. The van der Waals surface area contributed by atoms with E-state index in [0.717, 1.165) is 5.69 Å². The standard InChI is InChI=1S/C16H24F3N3O2/c1-4-24-13-8-7-12(11-14(13)23-3)22-15(20-2)21-10-6-5-9-16(17,18)19/h7-8,11H,4-6,9-10H2,1-3H3,(H2,20,21,22). The van der Waals surface area contributed by atoms with Crippen molar-refractivity contribution in [3.63, 3.8) is 0 Å². The Hall–Kier alpha value is -2.12. The summed E-state index contributed by atoms with van der Waals surface area (Å²) < 4.78 is 46.9. The molecule has 0 aliphatic carbocycles. The molecule has 0 spiro atoms. The first kappa shape index (κ1) is 19.9. The molecule has 1 aromatic rings. The molecule has 0 radical (unpaired) electrons. The smallest absolute Gasteiger partial charge is 0.389 e. The van der Waals surface area contributed by atoms with Crippen LogP contribution in [0.2, 0.25) is 0 Å². The number of halogens is 3. The molecule has 0 amide bonds. The van der Waals surface area contributed by atoms with Crippen molar-refractivity contribution >= 4 is 11.6 Å². The van der Waals surface area contributed by atoms with E-state index in [2.05, 4.69) is 15.6 Å². The third-order valence-corrected chi connectivity index (χ3v) is 3.13. The average molecular weight is 347 g/mol. The van der Waals surface area contributed by atoms with Gasteiger partial charge in [0.25, 0.3) is 0 Å². The van der Waals surface area contributed by atoms with Gasteiger partial charge < -0.3 is 20.1 Å². The Balaban J connectivity index is 2.50. The zero-order chi connectivity index (χ0) is 18.0. The second-order valence-corrected chi connectivity index (χ2v) is 4.99. The van der Waals surface area contributed by atoms with Crippen molar-refractivity contribution in [2.24, 2.45) is 4.99 Å². The number of hydrogen-bond donors (Lipinski definition) is 2. The quantitative estimate of drug-likeness (QED) is 0.426. The van der Waals surface area contributed by atoms with Gasteiger partial charge in [-0.2, -0.15) is 13.2 Å². The molecule has 0 unspecified atom stereocenters. The summed E-state index contributed by atoms with van der Waals surface area (Å²) in [6.45, 7) is 2.82. The SMILES string of the molecule is CCOc1ccc(NC(=NC)NCCCCC(F)(F)F)cc1OC. The summed E-state index contributed by atoms with van der Waals surface area (Å²) in [4.78, 5) is 4.04. The van der Waals surface area contributed by atoms with Crippen LogP contribution in [0.1, 0.15) is 26.2 Å². The van der Waals surface area contributed by atoms with Crippen LogP contribution in [0.4, 0.5) is 18.9 Å². The Bertz CT molecular complexity index is 534. The van der Waals surface area contributed by atoms with E-state index in [1.54, 1.807) is 26.3 Å². The van der Waals surface area contributed by atoms with Gasteiger partial charge in [-0.25, -0.2) is 0 Å². The van der Waals surface area contributed by atoms with Crippen molar-refractivity contribution in [1.29, 1.82) is 0 Å². The number of ether oxygens (including phenoxy) is 2. The Kier molecular flexibility index (Phi) is 8.21. The number of benzene rings is 1. The second kappa shape index (κ2) is 9.89. The molecule has 0 aromatic heterocycles. The largest absolute Gasteiger partial charge is 0.493 e. The van der Waals surface area contributed by atoms with Crippen molar-refractivity contribution in [1.82, 2.24) is 5.32 Å².